The Morgan fingerprint density at radius 1 is 1.07 bits per heavy atom. The molecule has 136 valence electrons. The number of allylic oxidation sites excluding steroid dienone is 1. The van der Waals surface area contributed by atoms with E-state index in [4.69, 9.17) is 0 Å². The van der Waals surface area contributed by atoms with Gasteiger partial charge in [0, 0.05) is 31.7 Å². The van der Waals surface area contributed by atoms with Gasteiger partial charge in [0.2, 0.25) is 0 Å². The van der Waals surface area contributed by atoms with E-state index in [2.05, 4.69) is 44.3 Å². The lowest BCUT2D eigenvalue weighted by molar-refractivity contribution is 0.0746. The summed E-state index contributed by atoms with van der Waals surface area (Å²) in [5.74, 6) is 1.03. The minimum Gasteiger partial charge on any atom is -0.352 e. The summed E-state index contributed by atoms with van der Waals surface area (Å²) in [5.41, 5.74) is 4.02. The molecule has 1 fully saturated rings. The Labute approximate surface area is 156 Å². The molecule has 1 amide bonds. The third kappa shape index (κ3) is 2.85. The number of fused-ring (bicyclic) bond motifs is 2. The Kier molecular flexibility index (Phi) is 3.85. The van der Waals surface area contributed by atoms with Crippen LogP contribution in [0.2, 0.25) is 0 Å². The van der Waals surface area contributed by atoms with Crippen molar-refractivity contribution in [2.24, 2.45) is 0 Å². The molecular weight excluding hydrogens is 340 g/mol. The minimum atomic E-state index is 0.115. The Bertz CT molecular complexity index is 1030. The highest BCUT2D eigenvalue weighted by molar-refractivity contribution is 5.95. The van der Waals surface area contributed by atoms with Gasteiger partial charge < -0.3 is 9.80 Å². The van der Waals surface area contributed by atoms with E-state index in [0.29, 0.717) is 13.1 Å². The summed E-state index contributed by atoms with van der Waals surface area (Å²) < 4.78 is 1.79. The van der Waals surface area contributed by atoms with Gasteiger partial charge in [-0.1, -0.05) is 18.2 Å². The monoisotopic (exact) mass is 360 g/mol. The van der Waals surface area contributed by atoms with E-state index < -0.39 is 0 Å². The molecule has 0 unspecified atom stereocenters. The van der Waals surface area contributed by atoms with E-state index in [1.54, 1.807) is 16.9 Å². The zero-order valence-corrected chi connectivity index (χ0v) is 15.0. The molecule has 2 aliphatic rings. The fourth-order valence-electron chi connectivity index (χ4n) is 3.84. The number of rotatable bonds is 2. The number of hydrogen-bond donors (Lipinski definition) is 0. The predicted molar refractivity (Wildman–Crippen MR) is 103 cm³/mol. The van der Waals surface area contributed by atoms with Crippen molar-refractivity contribution in [1.82, 2.24) is 24.5 Å². The van der Waals surface area contributed by atoms with Crippen LogP contribution in [-0.2, 0) is 6.42 Å². The predicted octanol–water partition coefficient (Wildman–Crippen LogP) is 2.05. The van der Waals surface area contributed by atoms with Crippen LogP contribution in [0.5, 0.6) is 0 Å². The highest BCUT2D eigenvalue weighted by atomic mass is 16.2. The summed E-state index contributed by atoms with van der Waals surface area (Å²) in [7, 11) is 0. The van der Waals surface area contributed by atoms with Crippen LogP contribution in [-0.4, -0.2) is 56.6 Å². The standard InChI is InChI=1S/C20H20N6O/c27-20(17-6-5-15-3-1-2-4-16(15)11-17)25-9-7-24(8-10-25)19-13-21-12-18-22-14-23-26(18)19/h1,3,5-6,11-14H,2,4,7-10H2. The van der Waals surface area contributed by atoms with Gasteiger partial charge in [-0.15, -0.1) is 0 Å². The van der Waals surface area contributed by atoms with E-state index in [1.807, 2.05) is 11.0 Å². The van der Waals surface area contributed by atoms with Crippen LogP contribution in [0.3, 0.4) is 0 Å². The third-order valence-electron chi connectivity index (χ3n) is 5.33. The van der Waals surface area contributed by atoms with Crippen molar-refractivity contribution in [1.29, 1.82) is 0 Å². The number of aryl methyl sites for hydroxylation is 1. The SMILES string of the molecule is O=C(c1ccc2c(c1)CCC=C2)N1CCN(c2cncc3ncnn23)CC1. The average Bonchev–Trinajstić information content (AvgIpc) is 3.22. The zero-order valence-electron chi connectivity index (χ0n) is 15.0. The second kappa shape index (κ2) is 6.50. The molecule has 5 rings (SSSR count). The lowest BCUT2D eigenvalue weighted by Crippen LogP contribution is -2.49. The van der Waals surface area contributed by atoms with Crippen LogP contribution in [0.25, 0.3) is 11.7 Å². The Hall–Kier alpha value is -3.22. The summed E-state index contributed by atoms with van der Waals surface area (Å²) >= 11 is 0. The minimum absolute atomic E-state index is 0.115. The molecule has 0 N–H and O–H groups in total. The molecule has 0 radical (unpaired) electrons. The van der Waals surface area contributed by atoms with E-state index in [9.17, 15) is 4.79 Å². The van der Waals surface area contributed by atoms with Gasteiger partial charge in [-0.25, -0.2) is 4.98 Å². The molecule has 1 saturated heterocycles. The number of amides is 1. The molecule has 0 atom stereocenters. The van der Waals surface area contributed by atoms with Crippen molar-refractivity contribution in [3.8, 4) is 0 Å². The fraction of sp³-hybridized carbons (Fsp3) is 0.300. The van der Waals surface area contributed by atoms with E-state index >= 15 is 0 Å². The molecule has 7 nitrogen and oxygen atoms in total. The van der Waals surface area contributed by atoms with Gasteiger partial charge in [-0.2, -0.15) is 9.61 Å². The Morgan fingerprint density at radius 3 is 2.85 bits per heavy atom. The van der Waals surface area contributed by atoms with Crippen molar-refractivity contribution in [2.45, 2.75) is 12.8 Å². The number of nitrogens with zero attached hydrogens (tertiary/aromatic N) is 6. The van der Waals surface area contributed by atoms with Gasteiger partial charge in [-0.3, -0.25) is 9.78 Å². The second-order valence-electron chi connectivity index (χ2n) is 6.93. The molecule has 7 heteroatoms. The molecular formula is C20H20N6O. The van der Waals surface area contributed by atoms with Crippen molar-refractivity contribution < 1.29 is 4.79 Å². The molecule has 0 spiro atoms. The maximum atomic E-state index is 12.9. The van der Waals surface area contributed by atoms with Gasteiger partial charge in [0.05, 0.1) is 12.4 Å². The number of hydrogen-bond acceptors (Lipinski definition) is 5. The molecule has 1 aliphatic heterocycles. The molecule has 2 aromatic heterocycles. The molecule has 27 heavy (non-hydrogen) atoms. The number of anilines is 1. The quantitative estimate of drug-likeness (QED) is 0.700. The van der Waals surface area contributed by atoms with Gasteiger partial charge in [0.1, 0.15) is 6.33 Å². The summed E-state index contributed by atoms with van der Waals surface area (Å²) in [6.07, 6.45) is 11.4. The van der Waals surface area contributed by atoms with Crippen molar-refractivity contribution in [2.75, 3.05) is 31.1 Å². The topological polar surface area (TPSA) is 66.6 Å². The zero-order chi connectivity index (χ0) is 18.2. The summed E-state index contributed by atoms with van der Waals surface area (Å²) in [6.45, 7) is 2.86. The van der Waals surface area contributed by atoms with Gasteiger partial charge in [-0.05, 0) is 36.1 Å². The van der Waals surface area contributed by atoms with Crippen LogP contribution in [0.1, 0.15) is 27.9 Å². The summed E-state index contributed by atoms with van der Waals surface area (Å²) in [5, 5.41) is 4.27. The number of benzene rings is 1. The van der Waals surface area contributed by atoms with Gasteiger partial charge in [0.15, 0.2) is 11.5 Å². The first-order chi connectivity index (χ1) is 13.3. The first-order valence-electron chi connectivity index (χ1n) is 9.27. The number of aromatic nitrogens is 4. The lowest BCUT2D eigenvalue weighted by Gasteiger charge is -2.35. The maximum Gasteiger partial charge on any atom is 0.253 e. The number of carbonyl (C=O) groups is 1. The molecule has 0 saturated carbocycles. The fourth-order valence-corrected chi connectivity index (χ4v) is 3.84. The normalized spacial score (nSPS) is 16.6. The van der Waals surface area contributed by atoms with Gasteiger partial charge >= 0.3 is 0 Å². The van der Waals surface area contributed by atoms with Crippen LogP contribution in [0.4, 0.5) is 5.82 Å². The van der Waals surface area contributed by atoms with Crippen LogP contribution >= 0.6 is 0 Å². The summed E-state index contributed by atoms with van der Waals surface area (Å²) in [6, 6.07) is 6.07. The first kappa shape index (κ1) is 16.0. The van der Waals surface area contributed by atoms with Crippen molar-refractivity contribution >= 4 is 23.4 Å². The lowest BCUT2D eigenvalue weighted by atomic mass is 9.95. The molecule has 1 aliphatic carbocycles. The summed E-state index contributed by atoms with van der Waals surface area (Å²) in [4.78, 5) is 25.5. The van der Waals surface area contributed by atoms with E-state index in [-0.39, 0.29) is 5.91 Å². The van der Waals surface area contributed by atoms with Crippen LogP contribution in [0, 0.1) is 0 Å². The molecule has 3 aromatic rings. The number of carbonyl (C=O) groups excluding carboxylic acids is 1. The number of piperazine rings is 1. The van der Waals surface area contributed by atoms with Gasteiger partial charge in [0.25, 0.3) is 5.91 Å². The second-order valence-corrected chi connectivity index (χ2v) is 6.93. The third-order valence-corrected chi connectivity index (χ3v) is 5.33. The van der Waals surface area contributed by atoms with Crippen LogP contribution in [0.15, 0.2) is 43.0 Å². The Morgan fingerprint density at radius 2 is 1.96 bits per heavy atom. The van der Waals surface area contributed by atoms with Crippen LogP contribution < -0.4 is 4.90 Å². The first-order valence-corrected chi connectivity index (χ1v) is 9.27. The largest absolute Gasteiger partial charge is 0.352 e. The maximum absolute atomic E-state index is 12.9. The molecule has 0 bridgehead atoms. The van der Waals surface area contributed by atoms with Crippen molar-refractivity contribution in [3.63, 3.8) is 0 Å². The molecule has 3 heterocycles. The van der Waals surface area contributed by atoms with Crippen molar-refractivity contribution in [3.05, 3.63) is 59.7 Å². The highest BCUT2D eigenvalue weighted by Gasteiger charge is 2.24. The average molecular weight is 360 g/mol. The highest BCUT2D eigenvalue weighted by Crippen LogP contribution is 2.22. The van der Waals surface area contributed by atoms with E-state index in [1.165, 1.54) is 17.5 Å². The molecule has 1 aromatic carbocycles. The smallest absolute Gasteiger partial charge is 0.253 e. The van der Waals surface area contributed by atoms with E-state index in [0.717, 1.165) is 43.0 Å². The Balaban J connectivity index is 1.31.